The van der Waals surface area contributed by atoms with Crippen molar-refractivity contribution in [2.75, 3.05) is 32.8 Å². The van der Waals surface area contributed by atoms with Crippen LogP contribution in [0.2, 0.25) is 0 Å². The van der Waals surface area contributed by atoms with Gasteiger partial charge in [0.25, 0.3) is 0 Å². The van der Waals surface area contributed by atoms with Crippen LogP contribution < -0.4 is 26.6 Å². The Hall–Kier alpha value is -4.87. The minimum atomic E-state index is -1.48. The van der Waals surface area contributed by atoms with E-state index in [9.17, 15) is 43.8 Å². The molecule has 2 aromatic rings. The van der Waals surface area contributed by atoms with E-state index in [2.05, 4.69) is 42.5 Å². The summed E-state index contributed by atoms with van der Waals surface area (Å²) >= 11 is 3.33. The smallest absolute Gasteiger partial charge is 0.326 e. The van der Waals surface area contributed by atoms with Crippen LogP contribution in [0.4, 0.5) is 0 Å². The monoisotopic (exact) mass is 825 g/mol. The van der Waals surface area contributed by atoms with Gasteiger partial charge >= 0.3 is 5.97 Å². The summed E-state index contributed by atoms with van der Waals surface area (Å²) in [5, 5.41) is 33.5. The highest BCUT2D eigenvalue weighted by atomic mass is 79.9. The molecule has 3 heterocycles. The molecule has 0 saturated carbocycles. The molecule has 296 valence electrons. The van der Waals surface area contributed by atoms with E-state index in [1.54, 1.807) is 59.5 Å². The number of rotatable bonds is 16. The van der Waals surface area contributed by atoms with E-state index in [-0.39, 0.29) is 37.8 Å². The second kappa shape index (κ2) is 19.6. The molecule has 0 spiro atoms. The van der Waals surface area contributed by atoms with Crippen LogP contribution in [0.15, 0.2) is 59.1 Å². The first-order chi connectivity index (χ1) is 26.4. The van der Waals surface area contributed by atoms with Crippen molar-refractivity contribution in [1.29, 1.82) is 0 Å². The Balaban J connectivity index is 1.20. The van der Waals surface area contributed by atoms with Gasteiger partial charge in [0.1, 0.15) is 30.2 Å². The molecular formula is C38H48BrN7O9. The van der Waals surface area contributed by atoms with E-state index in [4.69, 9.17) is 0 Å². The zero-order valence-corrected chi connectivity index (χ0v) is 32.0. The van der Waals surface area contributed by atoms with E-state index < -0.39 is 78.9 Å². The van der Waals surface area contributed by atoms with Gasteiger partial charge in [0, 0.05) is 30.4 Å². The number of amides is 6. The molecule has 6 atom stereocenters. The van der Waals surface area contributed by atoms with Gasteiger partial charge in [-0.15, -0.1) is 0 Å². The molecule has 0 aromatic heterocycles. The number of aliphatic carboxylic acids is 1. The highest BCUT2D eigenvalue weighted by Gasteiger charge is 2.40. The Morgan fingerprint density at radius 2 is 1.38 bits per heavy atom. The van der Waals surface area contributed by atoms with Crippen LogP contribution >= 0.6 is 15.9 Å². The summed E-state index contributed by atoms with van der Waals surface area (Å²) in [7, 11) is 0. The quantitative estimate of drug-likeness (QED) is 0.116. The Morgan fingerprint density at radius 3 is 2.02 bits per heavy atom. The van der Waals surface area contributed by atoms with Crippen molar-refractivity contribution in [2.24, 2.45) is 0 Å². The van der Waals surface area contributed by atoms with Crippen LogP contribution in [-0.4, -0.2) is 130 Å². The summed E-state index contributed by atoms with van der Waals surface area (Å²) in [4.78, 5) is 94.9. The lowest BCUT2D eigenvalue weighted by Gasteiger charge is -2.29. The molecular weight excluding hydrogens is 778 g/mol. The summed E-state index contributed by atoms with van der Waals surface area (Å²) in [6.45, 7) is 0.0452. The fourth-order valence-electron chi connectivity index (χ4n) is 7.27. The molecule has 16 nitrogen and oxygen atoms in total. The fraction of sp³-hybridized carbons (Fsp3) is 0.500. The third-order valence-electron chi connectivity index (χ3n) is 10.2. The fourth-order valence-corrected chi connectivity index (χ4v) is 7.54. The summed E-state index contributed by atoms with van der Waals surface area (Å²) < 4.78 is 0.813. The maximum absolute atomic E-state index is 13.7. The standard InChI is InChI=1S/C38H48BrN7O9/c39-25-14-12-24(13-15-25)20-28(38(54)55)43-35(51)31-11-6-18-46(31)37(53)29(22-47)44-33(49)27(19-23-7-2-1-3-8-23)42-32(48)21-41-34(50)30-10-5-17-45(30)36(52)26-9-4-16-40-26/h1-3,7-8,12-15,26-31,40,47H,4-6,9-11,16-22H2,(H,41,50)(H,42,48)(H,43,51)(H,44,49)(H,54,55)/t26-,27-,28-,29-,30-,31-/m0/s1. The number of likely N-dealkylation sites (tertiary alicyclic amines) is 2. The minimum absolute atomic E-state index is 0.0133. The number of aliphatic hydroxyl groups is 1. The van der Waals surface area contributed by atoms with Crippen molar-refractivity contribution in [3.05, 3.63) is 70.2 Å². The molecule has 6 amide bonds. The zero-order chi connectivity index (χ0) is 39.5. The van der Waals surface area contributed by atoms with E-state index in [0.29, 0.717) is 43.4 Å². The highest BCUT2D eigenvalue weighted by Crippen LogP contribution is 2.22. The van der Waals surface area contributed by atoms with Crippen LogP contribution in [0.1, 0.15) is 49.7 Å². The number of carbonyl (C=O) groups excluding carboxylic acids is 6. The third kappa shape index (κ3) is 11.1. The van der Waals surface area contributed by atoms with E-state index >= 15 is 0 Å². The van der Waals surface area contributed by atoms with Gasteiger partial charge in [0.15, 0.2) is 0 Å². The normalized spacial score (nSPS) is 20.9. The molecule has 17 heteroatoms. The first kappa shape index (κ1) is 41.3. The van der Waals surface area contributed by atoms with Gasteiger partial charge in [-0.3, -0.25) is 28.8 Å². The average molecular weight is 827 g/mol. The molecule has 7 N–H and O–H groups in total. The molecule has 3 saturated heterocycles. The number of carbonyl (C=O) groups is 7. The van der Waals surface area contributed by atoms with Gasteiger partial charge in [0.2, 0.25) is 35.4 Å². The predicted octanol–water partition coefficient (Wildman–Crippen LogP) is -0.384. The summed E-state index contributed by atoms with van der Waals surface area (Å²) in [5.74, 6) is -4.73. The highest BCUT2D eigenvalue weighted by molar-refractivity contribution is 9.10. The number of carboxylic acid groups (broad SMARTS) is 1. The topological polar surface area (TPSA) is 227 Å². The van der Waals surface area contributed by atoms with Crippen LogP contribution in [-0.2, 0) is 46.4 Å². The number of halogens is 1. The third-order valence-corrected chi connectivity index (χ3v) is 10.7. The molecule has 5 rings (SSSR count). The molecule has 0 unspecified atom stereocenters. The Bertz CT molecular complexity index is 1710. The van der Waals surface area contributed by atoms with Crippen molar-refractivity contribution in [3.63, 3.8) is 0 Å². The minimum Gasteiger partial charge on any atom is -0.480 e. The van der Waals surface area contributed by atoms with Gasteiger partial charge < -0.3 is 46.6 Å². The van der Waals surface area contributed by atoms with Crippen molar-refractivity contribution in [1.82, 2.24) is 36.4 Å². The second-order valence-electron chi connectivity index (χ2n) is 14.0. The van der Waals surface area contributed by atoms with E-state index in [0.717, 1.165) is 17.4 Å². The van der Waals surface area contributed by atoms with Gasteiger partial charge in [-0.25, -0.2) is 4.79 Å². The van der Waals surface area contributed by atoms with Crippen LogP contribution in [0.25, 0.3) is 0 Å². The summed E-state index contributed by atoms with van der Waals surface area (Å²) in [5.41, 5.74) is 1.37. The lowest BCUT2D eigenvalue weighted by atomic mass is 10.0. The van der Waals surface area contributed by atoms with Gasteiger partial charge in [-0.1, -0.05) is 58.4 Å². The number of nitrogens with one attached hydrogen (secondary N) is 5. The maximum Gasteiger partial charge on any atom is 0.326 e. The second-order valence-corrected chi connectivity index (χ2v) is 14.9. The van der Waals surface area contributed by atoms with Crippen LogP contribution in [0, 0.1) is 0 Å². The molecule has 55 heavy (non-hydrogen) atoms. The average Bonchev–Trinajstić information content (AvgIpc) is 3.99. The molecule has 0 bridgehead atoms. The van der Waals surface area contributed by atoms with Crippen LogP contribution in [0.3, 0.4) is 0 Å². The maximum atomic E-state index is 13.7. The largest absolute Gasteiger partial charge is 0.480 e. The Kier molecular flexibility index (Phi) is 14.7. The first-order valence-corrected chi connectivity index (χ1v) is 19.4. The van der Waals surface area contributed by atoms with Crippen molar-refractivity contribution in [2.45, 2.75) is 87.6 Å². The molecule has 0 radical (unpaired) electrons. The van der Waals surface area contributed by atoms with E-state index in [1.807, 2.05) is 0 Å². The van der Waals surface area contributed by atoms with Crippen molar-refractivity contribution < 1.29 is 43.8 Å². The Morgan fingerprint density at radius 1 is 0.745 bits per heavy atom. The molecule has 0 aliphatic carbocycles. The molecule has 3 aliphatic heterocycles. The number of carboxylic acids is 1. The summed E-state index contributed by atoms with van der Waals surface area (Å²) in [6.07, 6.45) is 3.42. The van der Waals surface area contributed by atoms with E-state index in [1.165, 1.54) is 4.90 Å². The number of aliphatic hydroxyl groups excluding tert-OH is 1. The number of nitrogens with zero attached hydrogens (tertiary/aromatic N) is 2. The number of hydrogen-bond acceptors (Lipinski definition) is 9. The van der Waals surface area contributed by atoms with Gasteiger partial charge in [-0.2, -0.15) is 0 Å². The summed E-state index contributed by atoms with van der Waals surface area (Å²) in [6, 6.07) is 9.76. The van der Waals surface area contributed by atoms with Gasteiger partial charge in [-0.05, 0) is 68.3 Å². The lowest BCUT2D eigenvalue weighted by molar-refractivity contribution is -0.145. The predicted molar refractivity (Wildman–Crippen MR) is 202 cm³/mol. The van der Waals surface area contributed by atoms with Gasteiger partial charge in [0.05, 0.1) is 19.2 Å². The Labute approximate surface area is 327 Å². The molecule has 2 aromatic carbocycles. The lowest BCUT2D eigenvalue weighted by Crippen LogP contribution is -2.59. The van der Waals surface area contributed by atoms with Crippen molar-refractivity contribution in [3.8, 4) is 0 Å². The zero-order valence-electron chi connectivity index (χ0n) is 30.4. The van der Waals surface area contributed by atoms with Crippen molar-refractivity contribution >= 4 is 57.3 Å². The SMILES string of the molecule is O=C(CNC(=O)[C@@H]1CCCN1C(=O)[C@@H]1CCCN1)N[C@@H](Cc1ccccc1)C(=O)N[C@@H](CO)C(=O)N1CCC[C@H]1C(=O)N[C@@H](Cc1ccc(Br)cc1)C(=O)O. The number of hydrogen-bond donors (Lipinski definition) is 7. The first-order valence-electron chi connectivity index (χ1n) is 18.6. The molecule has 3 aliphatic rings. The van der Waals surface area contributed by atoms with Crippen LogP contribution in [0.5, 0.6) is 0 Å². The number of benzene rings is 2. The molecule has 3 fully saturated rings.